The molecule has 2 amide bonds. The van der Waals surface area contributed by atoms with Crippen molar-refractivity contribution in [2.45, 2.75) is 43.7 Å². The van der Waals surface area contributed by atoms with Gasteiger partial charge in [-0.15, -0.1) is 0 Å². The van der Waals surface area contributed by atoms with Gasteiger partial charge in [0.15, 0.2) is 0 Å². The van der Waals surface area contributed by atoms with E-state index < -0.39 is 15.6 Å². The molecule has 1 atom stereocenters. The van der Waals surface area contributed by atoms with E-state index in [2.05, 4.69) is 10.0 Å². The zero-order chi connectivity index (χ0) is 17.6. The Morgan fingerprint density at radius 1 is 1.38 bits per heavy atom. The standard InChI is InChI=1S/C15H29N3O5S/c1-22-11-7-15(17-24(2,20)21)5-8-18(9-6-15)14(19)16-12-13-4-3-10-23-13/h13,17H,3-12H2,1-2H3,(H,16,19). The van der Waals surface area contributed by atoms with Gasteiger partial charge in [0, 0.05) is 45.5 Å². The Hall–Kier alpha value is -0.900. The van der Waals surface area contributed by atoms with Gasteiger partial charge in [-0.25, -0.2) is 17.9 Å². The zero-order valence-electron chi connectivity index (χ0n) is 14.5. The fourth-order valence-corrected chi connectivity index (χ4v) is 4.44. The van der Waals surface area contributed by atoms with Crippen molar-refractivity contribution in [1.82, 2.24) is 14.9 Å². The second-order valence-corrected chi connectivity index (χ2v) is 8.45. The van der Waals surface area contributed by atoms with Gasteiger partial charge in [0.25, 0.3) is 0 Å². The lowest BCUT2D eigenvalue weighted by molar-refractivity contribution is 0.101. The summed E-state index contributed by atoms with van der Waals surface area (Å²) in [4.78, 5) is 14.0. The number of nitrogens with zero attached hydrogens (tertiary/aromatic N) is 1. The Labute approximate surface area is 144 Å². The molecule has 2 rings (SSSR count). The average molecular weight is 363 g/mol. The van der Waals surface area contributed by atoms with Crippen LogP contribution in [0.4, 0.5) is 4.79 Å². The number of nitrogens with one attached hydrogen (secondary N) is 2. The first-order valence-corrected chi connectivity index (χ1v) is 10.3. The van der Waals surface area contributed by atoms with Crippen LogP contribution in [0.2, 0.25) is 0 Å². The number of hydrogen-bond acceptors (Lipinski definition) is 5. The monoisotopic (exact) mass is 363 g/mol. The molecule has 0 saturated carbocycles. The van der Waals surface area contributed by atoms with Crippen molar-refractivity contribution in [3.63, 3.8) is 0 Å². The van der Waals surface area contributed by atoms with Gasteiger partial charge >= 0.3 is 6.03 Å². The Morgan fingerprint density at radius 3 is 2.62 bits per heavy atom. The Morgan fingerprint density at radius 2 is 2.08 bits per heavy atom. The van der Waals surface area contributed by atoms with Gasteiger partial charge in [-0.3, -0.25) is 0 Å². The van der Waals surface area contributed by atoms with Gasteiger partial charge in [-0.05, 0) is 32.1 Å². The van der Waals surface area contributed by atoms with E-state index in [0.717, 1.165) is 19.4 Å². The first kappa shape index (κ1) is 19.4. The van der Waals surface area contributed by atoms with E-state index in [9.17, 15) is 13.2 Å². The van der Waals surface area contributed by atoms with Gasteiger partial charge in [-0.2, -0.15) is 0 Å². The molecule has 2 saturated heterocycles. The lowest BCUT2D eigenvalue weighted by atomic mass is 9.86. The molecule has 9 heteroatoms. The lowest BCUT2D eigenvalue weighted by Crippen LogP contribution is -2.57. The highest BCUT2D eigenvalue weighted by Crippen LogP contribution is 2.27. The molecule has 2 N–H and O–H groups in total. The quantitative estimate of drug-likeness (QED) is 0.678. The van der Waals surface area contributed by atoms with Gasteiger partial charge in [-0.1, -0.05) is 0 Å². The van der Waals surface area contributed by atoms with Gasteiger partial charge < -0.3 is 19.7 Å². The summed E-state index contributed by atoms with van der Waals surface area (Å²) < 4.78 is 36.7. The molecule has 2 aliphatic rings. The minimum Gasteiger partial charge on any atom is -0.385 e. The van der Waals surface area contributed by atoms with Gasteiger partial charge in [0.1, 0.15) is 0 Å². The summed E-state index contributed by atoms with van der Waals surface area (Å²) in [5.74, 6) is 0. The molecular weight excluding hydrogens is 334 g/mol. The summed E-state index contributed by atoms with van der Waals surface area (Å²) in [5, 5.41) is 2.91. The molecule has 8 nitrogen and oxygen atoms in total. The highest BCUT2D eigenvalue weighted by molar-refractivity contribution is 7.88. The van der Waals surface area contributed by atoms with Gasteiger partial charge in [0.2, 0.25) is 10.0 Å². The summed E-state index contributed by atoms with van der Waals surface area (Å²) in [7, 11) is -1.71. The highest BCUT2D eigenvalue weighted by Gasteiger charge is 2.37. The third-order valence-electron chi connectivity index (χ3n) is 4.70. The van der Waals surface area contributed by atoms with E-state index in [4.69, 9.17) is 9.47 Å². The van der Waals surface area contributed by atoms with Crippen molar-refractivity contribution in [2.75, 3.05) is 46.2 Å². The van der Waals surface area contributed by atoms with Crippen LogP contribution in [0.15, 0.2) is 0 Å². The van der Waals surface area contributed by atoms with Crippen LogP contribution in [0.3, 0.4) is 0 Å². The molecule has 0 aromatic heterocycles. The van der Waals surface area contributed by atoms with Crippen LogP contribution in [-0.4, -0.2) is 77.2 Å². The fraction of sp³-hybridized carbons (Fsp3) is 0.933. The van der Waals surface area contributed by atoms with Crippen LogP contribution in [-0.2, 0) is 19.5 Å². The second kappa shape index (κ2) is 8.46. The maximum absolute atomic E-state index is 12.3. The predicted molar refractivity (Wildman–Crippen MR) is 90.4 cm³/mol. The smallest absolute Gasteiger partial charge is 0.317 e. The normalized spacial score (nSPS) is 24.1. The number of sulfonamides is 1. The van der Waals surface area contributed by atoms with Crippen molar-refractivity contribution in [3.8, 4) is 0 Å². The van der Waals surface area contributed by atoms with Crippen molar-refractivity contribution >= 4 is 16.1 Å². The minimum absolute atomic E-state index is 0.106. The lowest BCUT2D eigenvalue weighted by Gasteiger charge is -2.41. The molecule has 0 aliphatic carbocycles. The van der Waals surface area contributed by atoms with E-state index in [0.29, 0.717) is 45.5 Å². The molecule has 24 heavy (non-hydrogen) atoms. The predicted octanol–water partition coefficient (Wildman–Crippen LogP) is 0.295. The summed E-state index contributed by atoms with van der Waals surface area (Å²) in [5.41, 5.74) is -0.533. The number of likely N-dealkylation sites (tertiary alicyclic amines) is 1. The van der Waals surface area contributed by atoms with Crippen molar-refractivity contribution in [2.24, 2.45) is 0 Å². The number of carbonyl (C=O) groups is 1. The molecule has 0 radical (unpaired) electrons. The SMILES string of the molecule is COCCC1(NS(C)(=O)=O)CCN(C(=O)NCC2CCCO2)CC1. The maximum Gasteiger partial charge on any atom is 0.317 e. The zero-order valence-corrected chi connectivity index (χ0v) is 15.4. The number of piperidine rings is 1. The third kappa shape index (κ3) is 5.87. The Kier molecular flexibility index (Phi) is 6.85. The fourth-order valence-electron chi connectivity index (χ4n) is 3.35. The Balaban J connectivity index is 1.85. The molecule has 0 spiro atoms. The van der Waals surface area contributed by atoms with E-state index in [-0.39, 0.29) is 12.1 Å². The molecule has 140 valence electrons. The Bertz CT molecular complexity index is 511. The van der Waals surface area contributed by atoms with Crippen LogP contribution in [0.25, 0.3) is 0 Å². The van der Waals surface area contributed by atoms with E-state index in [1.54, 1.807) is 12.0 Å². The summed E-state index contributed by atoms with van der Waals surface area (Å²) in [6, 6.07) is -0.106. The summed E-state index contributed by atoms with van der Waals surface area (Å²) >= 11 is 0. The first-order chi connectivity index (χ1) is 11.3. The summed E-state index contributed by atoms with van der Waals surface area (Å²) in [6.07, 6.45) is 5.08. The topological polar surface area (TPSA) is 97.0 Å². The second-order valence-electron chi connectivity index (χ2n) is 6.71. The largest absolute Gasteiger partial charge is 0.385 e. The number of hydrogen-bond donors (Lipinski definition) is 2. The van der Waals surface area contributed by atoms with Crippen molar-refractivity contribution in [1.29, 1.82) is 0 Å². The first-order valence-electron chi connectivity index (χ1n) is 8.46. The molecule has 2 aliphatic heterocycles. The molecule has 0 aromatic carbocycles. The molecule has 0 bridgehead atoms. The van der Waals surface area contributed by atoms with Crippen LogP contribution in [0.5, 0.6) is 0 Å². The van der Waals surface area contributed by atoms with Crippen LogP contribution >= 0.6 is 0 Å². The van der Waals surface area contributed by atoms with Gasteiger partial charge in [0.05, 0.1) is 12.4 Å². The molecule has 0 aromatic rings. The molecule has 2 heterocycles. The molecule has 1 unspecified atom stereocenters. The summed E-state index contributed by atoms with van der Waals surface area (Å²) in [6.45, 7) is 2.82. The highest BCUT2D eigenvalue weighted by atomic mass is 32.2. The van der Waals surface area contributed by atoms with Crippen molar-refractivity contribution < 1.29 is 22.7 Å². The van der Waals surface area contributed by atoms with Crippen molar-refractivity contribution in [3.05, 3.63) is 0 Å². The molecule has 2 fully saturated rings. The van der Waals surface area contributed by atoms with Crippen LogP contribution < -0.4 is 10.0 Å². The number of carbonyl (C=O) groups excluding carboxylic acids is 1. The minimum atomic E-state index is -3.31. The number of methoxy groups -OCH3 is 1. The number of urea groups is 1. The van der Waals surface area contributed by atoms with Crippen LogP contribution in [0.1, 0.15) is 32.1 Å². The third-order valence-corrected chi connectivity index (χ3v) is 5.50. The van der Waals surface area contributed by atoms with E-state index >= 15 is 0 Å². The van der Waals surface area contributed by atoms with E-state index in [1.807, 2.05) is 0 Å². The average Bonchev–Trinajstić information content (AvgIpc) is 3.03. The number of rotatable bonds is 7. The van der Waals surface area contributed by atoms with E-state index in [1.165, 1.54) is 6.26 Å². The molecular formula is C15H29N3O5S. The number of ether oxygens (including phenoxy) is 2. The number of amides is 2. The maximum atomic E-state index is 12.3. The van der Waals surface area contributed by atoms with Crippen LogP contribution in [0, 0.1) is 0 Å².